The maximum absolute atomic E-state index is 12.7. The van der Waals surface area contributed by atoms with Gasteiger partial charge in [-0.2, -0.15) is 0 Å². The zero-order valence-corrected chi connectivity index (χ0v) is 17.2. The lowest BCUT2D eigenvalue weighted by Crippen LogP contribution is -2.47. The minimum Gasteiger partial charge on any atom is -0.369 e. The molecule has 3 saturated heterocycles. The molecule has 3 fully saturated rings. The van der Waals surface area contributed by atoms with Gasteiger partial charge >= 0.3 is 0 Å². The fraction of sp³-hybridized carbons (Fsp3) is 0.667. The monoisotopic (exact) mass is 388 g/mol. The molecule has 1 spiro atoms. The van der Waals surface area contributed by atoms with E-state index in [9.17, 15) is 4.79 Å². The van der Waals surface area contributed by atoms with E-state index in [4.69, 9.17) is 0 Å². The van der Waals surface area contributed by atoms with Crippen molar-refractivity contribution in [3.8, 4) is 0 Å². The van der Waals surface area contributed by atoms with E-state index in [0.29, 0.717) is 11.9 Å². The highest BCUT2D eigenvalue weighted by Gasteiger charge is 2.47. The van der Waals surface area contributed by atoms with E-state index in [1.807, 2.05) is 11.9 Å². The number of piperidine rings is 1. The number of nitrogens with one attached hydrogen (secondary N) is 1. The van der Waals surface area contributed by atoms with Crippen LogP contribution in [0.15, 0.2) is 30.3 Å². The number of anilines is 1. The van der Waals surface area contributed by atoms with Crippen molar-refractivity contribution < 1.29 is 4.79 Å². The van der Waals surface area contributed by atoms with Gasteiger partial charge in [0, 0.05) is 57.5 Å². The van der Waals surface area contributed by atoms with Crippen molar-refractivity contribution in [2.24, 2.45) is 5.41 Å². The summed E-state index contributed by atoms with van der Waals surface area (Å²) in [5, 5.41) is 3.32. The van der Waals surface area contributed by atoms with Gasteiger partial charge in [-0.05, 0) is 44.1 Å². The Labute approximate surface area is 167 Å². The lowest BCUT2D eigenvalue weighted by molar-refractivity contribution is -0.129. The van der Waals surface area contributed by atoms with E-state index in [1.165, 1.54) is 5.69 Å². The lowest BCUT2D eigenvalue weighted by atomic mass is 9.76. The molecular weight excluding hydrogens is 356 g/mol. The molecule has 4 rings (SSSR count). The van der Waals surface area contributed by atoms with Crippen LogP contribution in [0.4, 0.5) is 5.69 Å². The molecule has 148 valence electrons. The Morgan fingerprint density at radius 3 is 2.44 bits per heavy atom. The molecule has 6 heteroatoms. The average Bonchev–Trinajstić information content (AvgIpc) is 3.03. The molecule has 3 aliphatic heterocycles. The SMILES string of the molecule is CSN1CCC2(CC1)CC(CCN1CCN(c3ccccc3)CC1)NC2=O. The zero-order valence-electron chi connectivity index (χ0n) is 16.4. The molecule has 1 unspecified atom stereocenters. The number of rotatable bonds is 5. The first kappa shape index (κ1) is 19.1. The third kappa shape index (κ3) is 4.28. The van der Waals surface area contributed by atoms with Crippen molar-refractivity contribution in [2.75, 3.05) is 57.0 Å². The highest BCUT2D eigenvalue weighted by atomic mass is 32.2. The summed E-state index contributed by atoms with van der Waals surface area (Å²) in [6, 6.07) is 11.1. The predicted octanol–water partition coefficient (Wildman–Crippen LogP) is 2.45. The lowest BCUT2D eigenvalue weighted by Gasteiger charge is -2.37. The van der Waals surface area contributed by atoms with Crippen LogP contribution in [0.5, 0.6) is 0 Å². The summed E-state index contributed by atoms with van der Waals surface area (Å²) in [4.78, 5) is 17.7. The third-order valence-corrected chi connectivity index (χ3v) is 7.56. The smallest absolute Gasteiger partial charge is 0.226 e. The van der Waals surface area contributed by atoms with Gasteiger partial charge < -0.3 is 10.2 Å². The molecule has 0 aliphatic carbocycles. The second kappa shape index (κ2) is 8.41. The number of nitrogens with zero attached hydrogens (tertiary/aromatic N) is 3. The van der Waals surface area contributed by atoms with Gasteiger partial charge in [-0.25, -0.2) is 0 Å². The fourth-order valence-electron chi connectivity index (χ4n) is 4.86. The van der Waals surface area contributed by atoms with Gasteiger partial charge in [-0.3, -0.25) is 14.0 Å². The van der Waals surface area contributed by atoms with Crippen molar-refractivity contribution in [2.45, 2.75) is 31.7 Å². The van der Waals surface area contributed by atoms with Gasteiger partial charge in [0.2, 0.25) is 5.91 Å². The van der Waals surface area contributed by atoms with Crippen molar-refractivity contribution in [1.82, 2.24) is 14.5 Å². The largest absolute Gasteiger partial charge is 0.369 e. The highest BCUT2D eigenvalue weighted by molar-refractivity contribution is 7.96. The summed E-state index contributed by atoms with van der Waals surface area (Å²) in [7, 11) is 0. The summed E-state index contributed by atoms with van der Waals surface area (Å²) in [6.07, 6.45) is 6.30. The number of amides is 1. The van der Waals surface area contributed by atoms with Crippen LogP contribution in [0.25, 0.3) is 0 Å². The molecule has 27 heavy (non-hydrogen) atoms. The van der Waals surface area contributed by atoms with Gasteiger partial charge in [0.05, 0.1) is 5.41 Å². The molecule has 0 saturated carbocycles. The van der Waals surface area contributed by atoms with Crippen LogP contribution < -0.4 is 10.2 Å². The Morgan fingerprint density at radius 2 is 1.78 bits per heavy atom. The normalized spacial score (nSPS) is 26.5. The molecule has 1 N–H and O–H groups in total. The van der Waals surface area contributed by atoms with Crippen LogP contribution in [-0.4, -0.2) is 73.2 Å². The number of hydrogen-bond acceptors (Lipinski definition) is 5. The number of carbonyl (C=O) groups is 1. The van der Waals surface area contributed by atoms with Crippen LogP contribution in [-0.2, 0) is 4.79 Å². The summed E-state index contributed by atoms with van der Waals surface area (Å²) in [5.41, 5.74) is 1.25. The molecular formula is C21H32N4OS. The number of benzene rings is 1. The number of hydrogen-bond donors (Lipinski definition) is 1. The Hall–Kier alpha value is -1.24. The Morgan fingerprint density at radius 1 is 1.07 bits per heavy atom. The highest BCUT2D eigenvalue weighted by Crippen LogP contribution is 2.42. The van der Waals surface area contributed by atoms with Crippen LogP contribution in [0.1, 0.15) is 25.7 Å². The number of piperazine rings is 1. The van der Waals surface area contributed by atoms with E-state index in [0.717, 1.165) is 71.5 Å². The first-order valence-corrected chi connectivity index (χ1v) is 11.5. The first-order valence-electron chi connectivity index (χ1n) is 10.3. The summed E-state index contributed by atoms with van der Waals surface area (Å²) >= 11 is 1.81. The number of carbonyl (C=O) groups excluding carboxylic acids is 1. The summed E-state index contributed by atoms with van der Waals surface area (Å²) in [6.45, 7) is 7.60. The standard InChI is InChI=1S/C21H32N4OS/c1-27-25-11-8-21(9-12-25)17-18(22-20(21)26)7-10-23-13-15-24(16-14-23)19-5-3-2-4-6-19/h2-6,18H,7-17H2,1H3,(H,22,26). The van der Waals surface area contributed by atoms with E-state index < -0.39 is 0 Å². The fourth-order valence-corrected chi connectivity index (χ4v) is 5.41. The molecule has 3 heterocycles. The van der Waals surface area contributed by atoms with Crippen LogP contribution in [0, 0.1) is 5.41 Å². The second-order valence-corrected chi connectivity index (χ2v) is 9.10. The molecule has 1 aromatic rings. The summed E-state index contributed by atoms with van der Waals surface area (Å²) in [5.74, 6) is 0.321. The maximum atomic E-state index is 12.7. The topological polar surface area (TPSA) is 38.8 Å². The van der Waals surface area contributed by atoms with Gasteiger partial charge in [0.1, 0.15) is 0 Å². The molecule has 1 aromatic carbocycles. The van der Waals surface area contributed by atoms with Gasteiger partial charge in [-0.15, -0.1) is 0 Å². The van der Waals surface area contributed by atoms with Crippen LogP contribution in [0.3, 0.4) is 0 Å². The van der Waals surface area contributed by atoms with E-state index >= 15 is 0 Å². The first-order chi connectivity index (χ1) is 13.2. The third-order valence-electron chi connectivity index (χ3n) is 6.68. The van der Waals surface area contributed by atoms with Crippen molar-refractivity contribution in [3.05, 3.63) is 30.3 Å². The molecule has 5 nitrogen and oxygen atoms in total. The summed E-state index contributed by atoms with van der Waals surface area (Å²) < 4.78 is 2.39. The van der Waals surface area contributed by atoms with Crippen molar-refractivity contribution in [3.63, 3.8) is 0 Å². The predicted molar refractivity (Wildman–Crippen MR) is 113 cm³/mol. The zero-order chi connectivity index (χ0) is 18.7. The molecule has 1 amide bonds. The van der Waals surface area contributed by atoms with Gasteiger partial charge in [0.25, 0.3) is 0 Å². The second-order valence-electron chi connectivity index (χ2n) is 8.22. The van der Waals surface area contributed by atoms with E-state index in [2.05, 4.69) is 56.0 Å². The Balaban J connectivity index is 1.22. The maximum Gasteiger partial charge on any atom is 0.226 e. The molecule has 0 radical (unpaired) electrons. The average molecular weight is 389 g/mol. The van der Waals surface area contributed by atoms with Crippen molar-refractivity contribution >= 4 is 23.5 Å². The van der Waals surface area contributed by atoms with E-state index in [1.54, 1.807) is 0 Å². The molecule has 0 aromatic heterocycles. The molecule has 3 aliphatic rings. The molecule has 0 bridgehead atoms. The van der Waals surface area contributed by atoms with Crippen LogP contribution in [0.2, 0.25) is 0 Å². The number of para-hydroxylation sites is 1. The van der Waals surface area contributed by atoms with Crippen LogP contribution >= 0.6 is 11.9 Å². The Kier molecular flexibility index (Phi) is 5.95. The van der Waals surface area contributed by atoms with Gasteiger partial charge in [-0.1, -0.05) is 30.1 Å². The van der Waals surface area contributed by atoms with Crippen molar-refractivity contribution in [1.29, 1.82) is 0 Å². The Bertz CT molecular complexity index is 624. The van der Waals surface area contributed by atoms with Gasteiger partial charge in [0.15, 0.2) is 0 Å². The minimum atomic E-state index is -0.0805. The quantitative estimate of drug-likeness (QED) is 0.785. The minimum absolute atomic E-state index is 0.0805. The van der Waals surface area contributed by atoms with E-state index in [-0.39, 0.29) is 5.41 Å². The molecule has 1 atom stereocenters.